The molecule has 0 heterocycles. The van der Waals surface area contributed by atoms with Gasteiger partial charge in [0.25, 0.3) is 0 Å². The van der Waals surface area contributed by atoms with E-state index in [1.54, 1.807) is 0 Å². The van der Waals surface area contributed by atoms with Gasteiger partial charge in [0.05, 0.1) is 33.0 Å². The van der Waals surface area contributed by atoms with Crippen LogP contribution in [0.4, 0.5) is 0 Å². The van der Waals surface area contributed by atoms with E-state index >= 15 is 0 Å². The summed E-state index contributed by atoms with van der Waals surface area (Å²) < 4.78 is 0. The topological polar surface area (TPSA) is 692 Å². The molecule has 0 unspecified atom stereocenters. The molecule has 0 aliphatic carbocycles. The second kappa shape index (κ2) is 39.0. The number of aliphatic hydroxyl groups is 25. The summed E-state index contributed by atoms with van der Waals surface area (Å²) in [6.07, 6.45) is -39.2. The van der Waals surface area contributed by atoms with Gasteiger partial charge in [-0.25, -0.2) is 24.0 Å². The van der Waals surface area contributed by atoms with Gasteiger partial charge in [-0.15, -0.1) is 0 Å². The quantitative estimate of drug-likeness (QED) is 0.0378. The smallest absolute Gasteiger partial charge is 0.335 e. The fourth-order valence-corrected chi connectivity index (χ4v) is 3.34. The van der Waals surface area contributed by atoms with Crippen LogP contribution >= 0.6 is 0 Å². The average Bonchev–Trinajstić information content (AvgIpc) is 3.28. The van der Waals surface area contributed by atoms with Crippen molar-refractivity contribution in [2.45, 2.75) is 122 Å². The number of rotatable bonds is 25. The van der Waals surface area contributed by atoms with Gasteiger partial charge in [0.2, 0.25) is 0 Å². The second-order valence-corrected chi connectivity index (χ2v) is 12.6. The van der Waals surface area contributed by atoms with Gasteiger partial charge in [0.1, 0.15) is 91.6 Å². The fraction of sp³-hybridized carbons (Fsp3) is 0.833. The van der Waals surface area contributed by atoms with E-state index in [9.17, 15) is 24.0 Å². The zero-order chi connectivity index (χ0) is 53.0. The molecule has 0 saturated heterocycles. The van der Waals surface area contributed by atoms with Crippen molar-refractivity contribution in [3.63, 3.8) is 0 Å². The summed E-state index contributed by atoms with van der Waals surface area (Å²) in [6, 6.07) is 0. The number of hydrogen-bond donors (Lipinski definition) is 30. The molecule has 0 aromatic heterocycles. The molecule has 66 heavy (non-hydrogen) atoms. The van der Waals surface area contributed by atoms with Crippen molar-refractivity contribution in [3.05, 3.63) is 0 Å². The molecule has 0 amide bonds. The Morgan fingerprint density at radius 3 is 0.379 bits per heavy atom. The van der Waals surface area contributed by atoms with Crippen molar-refractivity contribution in [3.8, 4) is 0 Å². The van der Waals surface area contributed by atoms with E-state index in [4.69, 9.17) is 153 Å². The minimum absolute atomic E-state index is 0. The Labute approximate surface area is 384 Å². The first-order valence-corrected chi connectivity index (χ1v) is 17.4. The number of carbonyl (C=O) groups is 5. The summed E-state index contributed by atoms with van der Waals surface area (Å²) in [5, 5.41) is 259. The third-order valence-electron chi connectivity index (χ3n) is 7.54. The van der Waals surface area contributed by atoms with Crippen LogP contribution in [0.2, 0.25) is 0 Å². The van der Waals surface area contributed by atoms with Crippen molar-refractivity contribution in [2.24, 2.45) is 0 Å². The predicted molar refractivity (Wildman–Crippen MR) is 194 cm³/mol. The van der Waals surface area contributed by atoms with Gasteiger partial charge >= 0.3 is 29.8 Å². The Morgan fingerprint density at radius 2 is 0.318 bits per heavy atom. The van der Waals surface area contributed by atoms with Crippen LogP contribution in [-0.4, -0.2) is 338 Å². The SMILES string of the molecule is O=C(O)[C@H](O)[C@@H](O)[C@H](O)[C@H](O)CO.O=C(O)[C@H](O)[C@@H](O)[C@H](O)[C@H](O)CO.O=C(O)[C@H](O)[C@@H](O)[C@H](O)[C@H](O)CO.O=C(O)[C@H](O)[C@@H](O)[C@H](O)[C@H](O)CO.O=C(O)[C@H](O)[C@@H](O)[C@H](O)[C@H](O)CO.[Nb]. The van der Waals surface area contributed by atoms with Crippen LogP contribution in [0, 0.1) is 0 Å². The van der Waals surface area contributed by atoms with E-state index in [0.717, 1.165) is 0 Å². The molecule has 0 rings (SSSR count). The molecule has 0 aliphatic heterocycles. The molecule has 0 aromatic rings. The minimum Gasteiger partial charge on any atom is -0.479 e. The summed E-state index contributed by atoms with van der Waals surface area (Å²) in [6.45, 7) is -4.21. The maximum atomic E-state index is 10.1. The zero-order valence-electron chi connectivity index (χ0n) is 33.5. The minimum atomic E-state index is -2.20. The van der Waals surface area contributed by atoms with Crippen LogP contribution in [-0.2, 0) is 46.4 Å². The molecule has 0 aromatic carbocycles. The van der Waals surface area contributed by atoms with Gasteiger partial charge in [-0.1, -0.05) is 0 Å². The van der Waals surface area contributed by atoms with Crippen LogP contribution in [0.3, 0.4) is 0 Å². The first-order chi connectivity index (χ1) is 29.6. The van der Waals surface area contributed by atoms with Crippen molar-refractivity contribution >= 4 is 29.8 Å². The van der Waals surface area contributed by atoms with E-state index in [1.807, 2.05) is 0 Å². The molecular weight excluding hydrogens is 1010 g/mol. The Kier molecular flexibility index (Phi) is 44.1. The molecule has 36 heteroatoms. The van der Waals surface area contributed by atoms with Crippen LogP contribution in [0.5, 0.6) is 0 Å². The van der Waals surface area contributed by atoms with Gasteiger partial charge in [0.15, 0.2) is 30.5 Å². The van der Waals surface area contributed by atoms with E-state index in [1.165, 1.54) is 0 Å². The van der Waals surface area contributed by atoms with Crippen molar-refractivity contribution < 1.29 is 200 Å². The van der Waals surface area contributed by atoms with Gasteiger partial charge in [0, 0.05) is 22.4 Å². The van der Waals surface area contributed by atoms with Gasteiger partial charge in [-0.05, 0) is 0 Å². The zero-order valence-corrected chi connectivity index (χ0v) is 35.7. The monoisotopic (exact) mass is 1070 g/mol. The second-order valence-electron chi connectivity index (χ2n) is 12.6. The van der Waals surface area contributed by atoms with Crippen LogP contribution < -0.4 is 0 Å². The third kappa shape index (κ3) is 29.1. The molecule has 0 saturated carbocycles. The number of carboxylic acids is 5. The van der Waals surface area contributed by atoms with E-state index in [-0.39, 0.29) is 22.4 Å². The summed E-state index contributed by atoms with van der Waals surface area (Å²) in [5.41, 5.74) is 0. The van der Waals surface area contributed by atoms with Gasteiger partial charge in [-0.2, -0.15) is 0 Å². The molecular formula is C30H60NbO35. The van der Waals surface area contributed by atoms with Crippen LogP contribution in [0.1, 0.15) is 0 Å². The Bertz CT molecular complexity index is 1080. The molecule has 0 bridgehead atoms. The summed E-state index contributed by atoms with van der Waals surface area (Å²) in [7, 11) is 0. The predicted octanol–water partition coefficient (Wildman–Crippen LogP) is -17.5. The van der Waals surface area contributed by atoms with Crippen LogP contribution in [0.15, 0.2) is 0 Å². The molecule has 30 N–H and O–H groups in total. The van der Waals surface area contributed by atoms with E-state index in [0.29, 0.717) is 0 Å². The van der Waals surface area contributed by atoms with Gasteiger partial charge in [-0.3, -0.25) is 0 Å². The average molecular weight is 1070 g/mol. The molecule has 1 radical (unpaired) electrons. The summed E-state index contributed by atoms with van der Waals surface area (Å²) >= 11 is 0. The fourth-order valence-electron chi connectivity index (χ4n) is 3.34. The molecule has 35 nitrogen and oxygen atoms in total. The number of aliphatic hydroxyl groups excluding tert-OH is 25. The van der Waals surface area contributed by atoms with Crippen molar-refractivity contribution in [1.29, 1.82) is 0 Å². The molecule has 395 valence electrons. The van der Waals surface area contributed by atoms with E-state index in [2.05, 4.69) is 0 Å². The standard InChI is InChI=1S/5C6H12O7.Nb/c5*7-1-2(8)3(9)4(10)5(11)6(12)13;/h5*2-5,7-11H,1H2,(H,12,13);/t5*2-,3-,4+,5-;/m11111./s1. The normalized spacial score (nSPS) is 20.1. The van der Waals surface area contributed by atoms with Crippen LogP contribution in [0.25, 0.3) is 0 Å². The largest absolute Gasteiger partial charge is 0.479 e. The molecule has 20 atom stereocenters. The Hall–Kier alpha value is -2.91. The number of aliphatic carboxylic acids is 5. The molecule has 0 fully saturated rings. The maximum Gasteiger partial charge on any atom is 0.335 e. The van der Waals surface area contributed by atoms with Crippen molar-refractivity contribution in [2.75, 3.05) is 33.0 Å². The van der Waals surface area contributed by atoms with Gasteiger partial charge < -0.3 is 153 Å². The maximum absolute atomic E-state index is 10.1. The summed E-state index contributed by atoms with van der Waals surface area (Å²) in [5.74, 6) is -8.63. The first-order valence-electron chi connectivity index (χ1n) is 17.4. The number of carboxylic acid groups (broad SMARTS) is 5. The molecule has 0 aliphatic rings. The Balaban J connectivity index is -0.000000170. The number of hydrogen-bond acceptors (Lipinski definition) is 30. The summed E-state index contributed by atoms with van der Waals surface area (Å²) in [4.78, 5) is 50.5. The van der Waals surface area contributed by atoms with E-state index < -0.39 is 185 Å². The molecule has 0 spiro atoms. The third-order valence-corrected chi connectivity index (χ3v) is 7.54. The van der Waals surface area contributed by atoms with Crippen molar-refractivity contribution in [1.82, 2.24) is 0 Å². The Morgan fingerprint density at radius 1 is 0.227 bits per heavy atom. The first kappa shape index (κ1) is 74.6.